The zero-order chi connectivity index (χ0) is 16.2. The van der Waals surface area contributed by atoms with Gasteiger partial charge in [-0.1, -0.05) is 31.4 Å². The minimum absolute atomic E-state index is 0.217. The molecule has 2 aromatic rings. The third-order valence-corrected chi connectivity index (χ3v) is 4.91. The van der Waals surface area contributed by atoms with Gasteiger partial charge in [0.2, 0.25) is 5.91 Å². The molecule has 1 aromatic heterocycles. The highest BCUT2D eigenvalue weighted by Crippen LogP contribution is 2.23. The molecule has 23 heavy (non-hydrogen) atoms. The molecule has 0 bridgehead atoms. The molecule has 1 aliphatic carbocycles. The fourth-order valence-electron chi connectivity index (χ4n) is 3.23. The van der Waals surface area contributed by atoms with Crippen LogP contribution in [0.4, 0.5) is 0 Å². The van der Waals surface area contributed by atoms with Gasteiger partial charge in [-0.25, -0.2) is 4.98 Å². The quantitative estimate of drug-likeness (QED) is 0.936. The molecule has 1 amide bonds. The lowest BCUT2D eigenvalue weighted by atomic mass is 9.88. The van der Waals surface area contributed by atoms with Crippen molar-refractivity contribution < 1.29 is 4.79 Å². The second-order valence-corrected chi connectivity index (χ2v) is 6.50. The third-order valence-electron chi connectivity index (χ3n) is 4.91. The Morgan fingerprint density at radius 2 is 1.87 bits per heavy atom. The Labute approximate surface area is 137 Å². The van der Waals surface area contributed by atoms with Gasteiger partial charge in [0, 0.05) is 23.8 Å². The molecule has 0 spiro atoms. The van der Waals surface area contributed by atoms with Crippen molar-refractivity contribution in [2.45, 2.75) is 52.5 Å². The van der Waals surface area contributed by atoms with Crippen LogP contribution in [0.1, 0.15) is 49.1 Å². The fourth-order valence-corrected chi connectivity index (χ4v) is 3.23. The molecule has 1 aliphatic rings. The van der Waals surface area contributed by atoms with Crippen molar-refractivity contribution in [3.8, 4) is 5.69 Å². The molecule has 1 N–H and O–H groups in total. The molecular formula is C19H25N3O. The molecule has 4 heteroatoms. The number of carbonyl (C=O) groups is 1. The lowest BCUT2D eigenvalue weighted by molar-refractivity contribution is -0.126. The fraction of sp³-hybridized carbons (Fsp3) is 0.474. The number of carbonyl (C=O) groups excluding carboxylic acids is 1. The number of aromatic nitrogens is 2. The first-order valence-electron chi connectivity index (χ1n) is 8.52. The first-order chi connectivity index (χ1) is 11.1. The summed E-state index contributed by atoms with van der Waals surface area (Å²) in [5.74, 6) is 0.439. The van der Waals surface area contributed by atoms with E-state index in [9.17, 15) is 4.79 Å². The molecule has 0 aliphatic heterocycles. The van der Waals surface area contributed by atoms with Crippen molar-refractivity contribution in [2.24, 2.45) is 5.92 Å². The van der Waals surface area contributed by atoms with Crippen LogP contribution in [-0.2, 0) is 11.3 Å². The Hall–Kier alpha value is -2.10. The van der Waals surface area contributed by atoms with Crippen LogP contribution in [0.3, 0.4) is 0 Å². The van der Waals surface area contributed by atoms with Crippen LogP contribution < -0.4 is 5.32 Å². The number of nitrogens with zero attached hydrogens (tertiary/aromatic N) is 2. The number of imidazole rings is 1. The highest BCUT2D eigenvalue weighted by atomic mass is 16.1. The van der Waals surface area contributed by atoms with E-state index < -0.39 is 0 Å². The summed E-state index contributed by atoms with van der Waals surface area (Å²) in [5.41, 5.74) is 4.44. The van der Waals surface area contributed by atoms with E-state index in [1.165, 1.54) is 19.3 Å². The Morgan fingerprint density at radius 3 is 2.48 bits per heavy atom. The molecular weight excluding hydrogens is 286 g/mol. The summed E-state index contributed by atoms with van der Waals surface area (Å²) >= 11 is 0. The van der Waals surface area contributed by atoms with Crippen LogP contribution in [0.2, 0.25) is 0 Å². The van der Waals surface area contributed by atoms with E-state index in [1.807, 2.05) is 13.3 Å². The molecule has 0 radical (unpaired) electrons. The van der Waals surface area contributed by atoms with E-state index in [1.54, 1.807) is 0 Å². The van der Waals surface area contributed by atoms with Crippen LogP contribution in [0, 0.1) is 19.8 Å². The van der Waals surface area contributed by atoms with Crippen molar-refractivity contribution in [3.63, 3.8) is 0 Å². The maximum absolute atomic E-state index is 12.2. The average molecular weight is 311 g/mol. The van der Waals surface area contributed by atoms with E-state index in [0.29, 0.717) is 6.54 Å². The molecule has 3 rings (SSSR count). The van der Waals surface area contributed by atoms with Gasteiger partial charge < -0.3 is 9.88 Å². The lowest BCUT2D eigenvalue weighted by Gasteiger charge is -2.20. The van der Waals surface area contributed by atoms with Gasteiger partial charge in [0.15, 0.2) is 0 Å². The number of aryl methyl sites for hydroxylation is 1. The van der Waals surface area contributed by atoms with Gasteiger partial charge in [-0.2, -0.15) is 0 Å². The zero-order valence-corrected chi connectivity index (χ0v) is 14.0. The Bertz CT molecular complexity index is 666. The van der Waals surface area contributed by atoms with Crippen LogP contribution >= 0.6 is 0 Å². The van der Waals surface area contributed by atoms with E-state index in [2.05, 4.69) is 46.1 Å². The minimum atomic E-state index is 0.217. The van der Waals surface area contributed by atoms with Gasteiger partial charge in [0.25, 0.3) is 0 Å². The standard InChI is InChI=1S/C19H25N3O/c1-14-15(2)22(13-21-14)18-10-8-16(9-11-18)12-20-19(23)17-6-4-3-5-7-17/h8-11,13,17H,3-7,12H2,1-2H3,(H,20,23). The number of rotatable bonds is 4. The normalized spacial score (nSPS) is 15.6. The molecule has 0 atom stereocenters. The predicted molar refractivity (Wildman–Crippen MR) is 91.5 cm³/mol. The molecule has 0 saturated heterocycles. The number of amides is 1. The second kappa shape index (κ2) is 6.99. The van der Waals surface area contributed by atoms with Crippen LogP contribution in [0.5, 0.6) is 0 Å². The predicted octanol–water partition coefficient (Wildman–Crippen LogP) is 3.69. The summed E-state index contributed by atoms with van der Waals surface area (Å²) in [5, 5.41) is 3.09. The van der Waals surface area contributed by atoms with Crippen molar-refractivity contribution in [3.05, 3.63) is 47.5 Å². The first kappa shape index (κ1) is 15.8. The summed E-state index contributed by atoms with van der Waals surface area (Å²) in [6.45, 7) is 4.69. The topological polar surface area (TPSA) is 46.9 Å². The zero-order valence-electron chi connectivity index (χ0n) is 14.0. The summed E-state index contributed by atoms with van der Waals surface area (Å²) in [4.78, 5) is 16.5. The van der Waals surface area contributed by atoms with E-state index in [-0.39, 0.29) is 11.8 Å². The second-order valence-electron chi connectivity index (χ2n) is 6.50. The SMILES string of the molecule is Cc1ncn(-c2ccc(CNC(=O)C3CCCCC3)cc2)c1C. The van der Waals surface area contributed by atoms with Gasteiger partial charge >= 0.3 is 0 Å². The van der Waals surface area contributed by atoms with Gasteiger partial charge in [0.1, 0.15) is 0 Å². The van der Waals surface area contributed by atoms with Gasteiger partial charge in [-0.05, 0) is 44.4 Å². The summed E-state index contributed by atoms with van der Waals surface area (Å²) in [6.07, 6.45) is 7.60. The highest BCUT2D eigenvalue weighted by molar-refractivity contribution is 5.78. The van der Waals surface area contributed by atoms with Gasteiger partial charge in [-0.3, -0.25) is 4.79 Å². The van der Waals surface area contributed by atoms with Gasteiger partial charge in [-0.15, -0.1) is 0 Å². The van der Waals surface area contributed by atoms with E-state index in [0.717, 1.165) is 35.5 Å². The number of hydrogen-bond donors (Lipinski definition) is 1. The van der Waals surface area contributed by atoms with Crippen molar-refractivity contribution in [1.29, 1.82) is 0 Å². The molecule has 1 fully saturated rings. The number of hydrogen-bond acceptors (Lipinski definition) is 2. The van der Waals surface area contributed by atoms with Crippen molar-refractivity contribution in [1.82, 2.24) is 14.9 Å². The van der Waals surface area contributed by atoms with Crippen LogP contribution in [0.15, 0.2) is 30.6 Å². The highest BCUT2D eigenvalue weighted by Gasteiger charge is 2.20. The monoisotopic (exact) mass is 311 g/mol. The molecule has 122 valence electrons. The van der Waals surface area contributed by atoms with Crippen LogP contribution in [-0.4, -0.2) is 15.5 Å². The first-order valence-corrected chi connectivity index (χ1v) is 8.52. The van der Waals surface area contributed by atoms with Crippen molar-refractivity contribution >= 4 is 5.91 Å². The van der Waals surface area contributed by atoms with Gasteiger partial charge in [0.05, 0.1) is 12.0 Å². The maximum Gasteiger partial charge on any atom is 0.223 e. The Morgan fingerprint density at radius 1 is 1.17 bits per heavy atom. The lowest BCUT2D eigenvalue weighted by Crippen LogP contribution is -2.31. The number of benzene rings is 1. The molecule has 1 aromatic carbocycles. The smallest absolute Gasteiger partial charge is 0.223 e. The third kappa shape index (κ3) is 3.63. The summed E-state index contributed by atoms with van der Waals surface area (Å²) in [7, 11) is 0. The average Bonchev–Trinajstić information content (AvgIpc) is 2.93. The Balaban J connectivity index is 1.59. The molecule has 0 unspecified atom stereocenters. The van der Waals surface area contributed by atoms with Crippen LogP contribution in [0.25, 0.3) is 5.69 Å². The molecule has 1 heterocycles. The molecule has 1 saturated carbocycles. The Kier molecular flexibility index (Phi) is 4.79. The molecule has 4 nitrogen and oxygen atoms in total. The largest absolute Gasteiger partial charge is 0.352 e. The summed E-state index contributed by atoms with van der Waals surface area (Å²) < 4.78 is 2.08. The summed E-state index contributed by atoms with van der Waals surface area (Å²) in [6, 6.07) is 8.31. The van der Waals surface area contributed by atoms with E-state index >= 15 is 0 Å². The minimum Gasteiger partial charge on any atom is -0.352 e. The number of nitrogens with one attached hydrogen (secondary N) is 1. The van der Waals surface area contributed by atoms with Crippen molar-refractivity contribution in [2.75, 3.05) is 0 Å². The maximum atomic E-state index is 12.2. The van der Waals surface area contributed by atoms with E-state index in [4.69, 9.17) is 0 Å².